The van der Waals surface area contributed by atoms with Crippen LogP contribution in [0.2, 0.25) is 0 Å². The van der Waals surface area contributed by atoms with Crippen molar-refractivity contribution in [3.05, 3.63) is 41.7 Å². The van der Waals surface area contributed by atoms with Crippen LogP contribution in [0.3, 0.4) is 0 Å². The van der Waals surface area contributed by atoms with Gasteiger partial charge in [-0.25, -0.2) is 4.79 Å². The van der Waals surface area contributed by atoms with Crippen LogP contribution in [0.15, 0.2) is 30.5 Å². The standard InChI is InChI=1S/C11H12O3/c1-8(7-12)9-3-5-10(6-4-9)11(13)14-2/h3-7,12H,1-2H3/b8-7+. The predicted molar refractivity (Wildman–Crippen MR) is 54.1 cm³/mol. The molecule has 1 N–H and O–H groups in total. The molecule has 1 aromatic rings. The van der Waals surface area contributed by atoms with E-state index in [1.54, 1.807) is 31.2 Å². The molecule has 0 unspecified atom stereocenters. The molecule has 0 aliphatic heterocycles. The molecule has 0 saturated heterocycles. The molecule has 0 amide bonds. The smallest absolute Gasteiger partial charge is 0.337 e. The highest BCUT2D eigenvalue weighted by molar-refractivity contribution is 5.89. The fourth-order valence-corrected chi connectivity index (χ4v) is 1.06. The Morgan fingerprint density at radius 2 is 1.79 bits per heavy atom. The summed E-state index contributed by atoms with van der Waals surface area (Å²) in [6.45, 7) is 1.78. The number of carbonyl (C=O) groups excluding carboxylic acids is 1. The van der Waals surface area contributed by atoms with E-state index in [2.05, 4.69) is 4.74 Å². The second-order valence-corrected chi connectivity index (χ2v) is 2.88. The zero-order valence-electron chi connectivity index (χ0n) is 8.15. The molecule has 1 aromatic carbocycles. The first-order valence-electron chi connectivity index (χ1n) is 4.18. The van der Waals surface area contributed by atoms with Crippen molar-refractivity contribution in [1.82, 2.24) is 0 Å². The lowest BCUT2D eigenvalue weighted by Gasteiger charge is -2.01. The SMILES string of the molecule is COC(=O)c1ccc(/C(C)=C/O)cc1. The van der Waals surface area contributed by atoms with Gasteiger partial charge in [0, 0.05) is 0 Å². The van der Waals surface area contributed by atoms with E-state index in [4.69, 9.17) is 5.11 Å². The van der Waals surface area contributed by atoms with Crippen molar-refractivity contribution in [3.63, 3.8) is 0 Å². The molecule has 74 valence electrons. The largest absolute Gasteiger partial charge is 0.515 e. The van der Waals surface area contributed by atoms with Gasteiger partial charge in [-0.15, -0.1) is 0 Å². The molecule has 14 heavy (non-hydrogen) atoms. The number of methoxy groups -OCH3 is 1. The highest BCUT2D eigenvalue weighted by Gasteiger charge is 2.04. The van der Waals surface area contributed by atoms with E-state index >= 15 is 0 Å². The van der Waals surface area contributed by atoms with E-state index in [1.807, 2.05) is 0 Å². The molecule has 0 spiro atoms. The minimum Gasteiger partial charge on any atom is -0.515 e. The third kappa shape index (κ3) is 2.13. The second kappa shape index (κ2) is 4.46. The maximum Gasteiger partial charge on any atom is 0.337 e. The van der Waals surface area contributed by atoms with Gasteiger partial charge in [0.1, 0.15) is 0 Å². The van der Waals surface area contributed by atoms with Crippen LogP contribution in [0, 0.1) is 0 Å². The van der Waals surface area contributed by atoms with Crippen LogP contribution in [0.5, 0.6) is 0 Å². The van der Waals surface area contributed by atoms with E-state index in [1.165, 1.54) is 7.11 Å². The summed E-state index contributed by atoms with van der Waals surface area (Å²) in [5.41, 5.74) is 2.13. The molecule has 0 heterocycles. The molecule has 3 nitrogen and oxygen atoms in total. The van der Waals surface area contributed by atoms with Gasteiger partial charge in [0.25, 0.3) is 0 Å². The highest BCUT2D eigenvalue weighted by atomic mass is 16.5. The van der Waals surface area contributed by atoms with Gasteiger partial charge in [0.2, 0.25) is 0 Å². The summed E-state index contributed by atoms with van der Waals surface area (Å²) in [7, 11) is 1.34. The van der Waals surface area contributed by atoms with Gasteiger partial charge < -0.3 is 9.84 Å². The number of allylic oxidation sites excluding steroid dienone is 1. The topological polar surface area (TPSA) is 46.5 Å². The van der Waals surface area contributed by atoms with Crippen LogP contribution in [-0.2, 0) is 4.74 Å². The summed E-state index contributed by atoms with van der Waals surface area (Å²) in [6.07, 6.45) is 1.03. The Kier molecular flexibility index (Phi) is 3.29. The molecule has 0 fully saturated rings. The van der Waals surface area contributed by atoms with Gasteiger partial charge in [-0.05, 0) is 30.2 Å². The van der Waals surface area contributed by atoms with E-state index < -0.39 is 0 Å². The molecule has 0 bridgehead atoms. The maximum absolute atomic E-state index is 11.1. The normalized spacial score (nSPS) is 11.1. The van der Waals surface area contributed by atoms with Crippen LogP contribution in [0.1, 0.15) is 22.8 Å². The monoisotopic (exact) mass is 192 g/mol. The summed E-state index contributed by atoms with van der Waals surface area (Å²) in [5.74, 6) is -0.359. The van der Waals surface area contributed by atoms with Crippen molar-refractivity contribution >= 4 is 11.5 Å². The molecule has 0 aliphatic carbocycles. The fourth-order valence-electron chi connectivity index (χ4n) is 1.06. The highest BCUT2D eigenvalue weighted by Crippen LogP contribution is 2.13. The molecule has 0 aliphatic rings. The minimum absolute atomic E-state index is 0.359. The number of benzene rings is 1. The Labute approximate surface area is 82.6 Å². The Morgan fingerprint density at radius 1 is 1.29 bits per heavy atom. The van der Waals surface area contributed by atoms with E-state index in [-0.39, 0.29) is 5.97 Å². The van der Waals surface area contributed by atoms with E-state index in [0.29, 0.717) is 5.56 Å². The number of esters is 1. The van der Waals surface area contributed by atoms with Crippen molar-refractivity contribution in [2.45, 2.75) is 6.92 Å². The number of hydrogen-bond donors (Lipinski definition) is 1. The van der Waals surface area contributed by atoms with E-state index in [9.17, 15) is 4.79 Å². The van der Waals surface area contributed by atoms with Gasteiger partial charge in [-0.2, -0.15) is 0 Å². The molecule has 0 saturated carbocycles. The lowest BCUT2D eigenvalue weighted by atomic mass is 10.1. The number of rotatable bonds is 2. The maximum atomic E-state index is 11.1. The van der Waals surface area contributed by atoms with Gasteiger partial charge >= 0.3 is 5.97 Å². The lowest BCUT2D eigenvalue weighted by Crippen LogP contribution is -2.00. The zero-order chi connectivity index (χ0) is 10.6. The number of aliphatic hydroxyl groups is 1. The zero-order valence-corrected chi connectivity index (χ0v) is 8.15. The number of carbonyl (C=O) groups is 1. The predicted octanol–water partition coefficient (Wildman–Crippen LogP) is 2.39. The van der Waals surface area contributed by atoms with Crippen LogP contribution in [0.25, 0.3) is 5.57 Å². The molecular weight excluding hydrogens is 180 g/mol. The van der Waals surface area contributed by atoms with Crippen molar-refractivity contribution < 1.29 is 14.6 Å². The molecule has 0 radical (unpaired) electrons. The second-order valence-electron chi connectivity index (χ2n) is 2.88. The Morgan fingerprint density at radius 3 is 2.21 bits per heavy atom. The van der Waals surface area contributed by atoms with Crippen molar-refractivity contribution in [1.29, 1.82) is 0 Å². The van der Waals surface area contributed by atoms with Gasteiger partial charge in [-0.1, -0.05) is 12.1 Å². The summed E-state index contributed by atoms with van der Waals surface area (Å²) >= 11 is 0. The van der Waals surface area contributed by atoms with Crippen LogP contribution in [-0.4, -0.2) is 18.2 Å². The molecule has 1 rings (SSSR count). The average Bonchev–Trinajstić information content (AvgIpc) is 2.27. The third-order valence-corrected chi connectivity index (χ3v) is 1.95. The molecular formula is C11H12O3. The summed E-state index contributed by atoms with van der Waals surface area (Å²) < 4.78 is 4.56. The van der Waals surface area contributed by atoms with E-state index in [0.717, 1.165) is 17.4 Å². The molecule has 0 atom stereocenters. The number of hydrogen-bond acceptors (Lipinski definition) is 3. The summed E-state index contributed by atoms with van der Waals surface area (Å²) in [6, 6.07) is 6.84. The van der Waals surface area contributed by atoms with Crippen LogP contribution >= 0.6 is 0 Å². The van der Waals surface area contributed by atoms with Gasteiger partial charge in [0.15, 0.2) is 0 Å². The van der Waals surface area contributed by atoms with Crippen molar-refractivity contribution in [2.24, 2.45) is 0 Å². The summed E-state index contributed by atoms with van der Waals surface area (Å²) in [5, 5.41) is 8.76. The van der Waals surface area contributed by atoms with Crippen molar-refractivity contribution in [2.75, 3.05) is 7.11 Å². The van der Waals surface area contributed by atoms with Crippen LogP contribution < -0.4 is 0 Å². The quantitative estimate of drug-likeness (QED) is 0.578. The first-order chi connectivity index (χ1) is 6.69. The average molecular weight is 192 g/mol. The van der Waals surface area contributed by atoms with Crippen LogP contribution in [0.4, 0.5) is 0 Å². The molecule has 3 heteroatoms. The van der Waals surface area contributed by atoms with Gasteiger partial charge in [0.05, 0.1) is 18.9 Å². The van der Waals surface area contributed by atoms with Gasteiger partial charge in [-0.3, -0.25) is 0 Å². The fraction of sp³-hybridized carbons (Fsp3) is 0.182. The first-order valence-corrected chi connectivity index (χ1v) is 4.18. The third-order valence-electron chi connectivity index (χ3n) is 1.95. The lowest BCUT2D eigenvalue weighted by molar-refractivity contribution is 0.0601. The number of ether oxygens (including phenoxy) is 1. The number of aliphatic hydroxyl groups excluding tert-OH is 1. The Balaban J connectivity index is 2.95. The molecule has 0 aromatic heterocycles. The Bertz CT molecular complexity index is 349. The Hall–Kier alpha value is -1.77. The summed E-state index contributed by atoms with van der Waals surface area (Å²) in [4.78, 5) is 11.1. The minimum atomic E-state index is -0.359. The van der Waals surface area contributed by atoms with Crippen molar-refractivity contribution in [3.8, 4) is 0 Å². The first kappa shape index (κ1) is 10.3.